The molecule has 19 heavy (non-hydrogen) atoms. The first kappa shape index (κ1) is 14.5. The number of nitrogens with zero attached hydrogens (tertiary/aromatic N) is 2. The Bertz CT molecular complexity index is 367. The number of carboxylic acid groups (broad SMARTS) is 1. The fourth-order valence-electron chi connectivity index (χ4n) is 3.00. The number of carbonyl (C=O) groups excluding carboxylic acids is 1. The summed E-state index contributed by atoms with van der Waals surface area (Å²) in [4.78, 5) is 27.5. The molecular formula is C13H22N2O3S. The van der Waals surface area contributed by atoms with E-state index in [4.69, 9.17) is 0 Å². The van der Waals surface area contributed by atoms with Gasteiger partial charge in [-0.15, -0.1) is 0 Å². The fourth-order valence-corrected chi connectivity index (χ4v) is 3.91. The van der Waals surface area contributed by atoms with Crippen molar-refractivity contribution in [1.82, 2.24) is 9.80 Å². The van der Waals surface area contributed by atoms with Gasteiger partial charge in [0, 0.05) is 31.1 Å². The quantitative estimate of drug-likeness (QED) is 0.797. The Kier molecular flexibility index (Phi) is 4.28. The zero-order chi connectivity index (χ0) is 14.0. The van der Waals surface area contributed by atoms with E-state index < -0.39 is 12.0 Å². The molecule has 2 fully saturated rings. The average molecular weight is 286 g/mol. The molecule has 0 saturated carbocycles. The molecule has 1 N–H and O–H groups in total. The van der Waals surface area contributed by atoms with Crippen LogP contribution in [0.3, 0.4) is 0 Å². The maximum atomic E-state index is 12.5. The Morgan fingerprint density at radius 2 is 1.84 bits per heavy atom. The molecule has 2 aliphatic rings. The van der Waals surface area contributed by atoms with Crippen molar-refractivity contribution in [2.24, 2.45) is 5.41 Å². The summed E-state index contributed by atoms with van der Waals surface area (Å²) in [5, 5.41) is 9.48. The van der Waals surface area contributed by atoms with Crippen molar-refractivity contribution in [3.63, 3.8) is 0 Å². The predicted octanol–water partition coefficient (Wildman–Crippen LogP) is 1.73. The van der Waals surface area contributed by atoms with Crippen LogP contribution in [-0.4, -0.2) is 64.1 Å². The molecule has 1 atom stereocenters. The third kappa shape index (κ3) is 2.99. The van der Waals surface area contributed by atoms with Gasteiger partial charge in [0.05, 0.1) is 0 Å². The maximum Gasteiger partial charge on any atom is 0.327 e. The maximum absolute atomic E-state index is 12.5. The topological polar surface area (TPSA) is 60.9 Å². The van der Waals surface area contributed by atoms with Gasteiger partial charge in [-0.1, -0.05) is 13.8 Å². The van der Waals surface area contributed by atoms with Gasteiger partial charge in [0.15, 0.2) is 0 Å². The molecule has 108 valence electrons. The van der Waals surface area contributed by atoms with Gasteiger partial charge >= 0.3 is 12.0 Å². The van der Waals surface area contributed by atoms with E-state index in [2.05, 4.69) is 0 Å². The first-order valence-corrected chi connectivity index (χ1v) is 7.95. The molecule has 0 aromatic carbocycles. The average Bonchev–Trinajstić information content (AvgIpc) is 2.37. The van der Waals surface area contributed by atoms with Crippen LogP contribution in [0, 0.1) is 5.41 Å². The Hall–Kier alpha value is -0.910. The lowest BCUT2D eigenvalue weighted by molar-refractivity contribution is -0.148. The zero-order valence-corrected chi connectivity index (χ0v) is 12.4. The lowest BCUT2D eigenvalue weighted by Crippen LogP contribution is -2.60. The number of carbonyl (C=O) groups is 2. The number of amides is 2. The van der Waals surface area contributed by atoms with E-state index in [1.54, 1.807) is 9.80 Å². The molecule has 0 radical (unpaired) electrons. The van der Waals surface area contributed by atoms with Gasteiger partial charge < -0.3 is 14.9 Å². The minimum absolute atomic E-state index is 0.0968. The lowest BCUT2D eigenvalue weighted by Gasteiger charge is -2.45. The second-order valence-corrected chi connectivity index (χ2v) is 7.13. The van der Waals surface area contributed by atoms with Crippen LogP contribution in [0.2, 0.25) is 0 Å². The van der Waals surface area contributed by atoms with Gasteiger partial charge in [-0.05, 0) is 18.3 Å². The number of likely N-dealkylation sites (tertiary alicyclic amines) is 1. The van der Waals surface area contributed by atoms with E-state index in [1.807, 2.05) is 25.6 Å². The van der Waals surface area contributed by atoms with Crippen LogP contribution in [-0.2, 0) is 4.79 Å². The number of rotatable bonds is 1. The summed E-state index contributed by atoms with van der Waals surface area (Å²) in [7, 11) is 0. The van der Waals surface area contributed by atoms with Gasteiger partial charge in [0.1, 0.15) is 6.04 Å². The highest BCUT2D eigenvalue weighted by Crippen LogP contribution is 2.36. The van der Waals surface area contributed by atoms with Crippen LogP contribution < -0.4 is 0 Å². The largest absolute Gasteiger partial charge is 0.480 e. The number of carboxylic acids is 1. The summed E-state index contributed by atoms with van der Waals surface area (Å²) >= 11 is 1.84. The van der Waals surface area contributed by atoms with Crippen molar-refractivity contribution in [3.05, 3.63) is 0 Å². The molecule has 0 aromatic rings. The molecule has 0 spiro atoms. The number of aliphatic carboxylic acids is 1. The van der Waals surface area contributed by atoms with Crippen LogP contribution in [0.4, 0.5) is 4.79 Å². The van der Waals surface area contributed by atoms with Crippen molar-refractivity contribution in [2.75, 3.05) is 31.1 Å². The van der Waals surface area contributed by atoms with Crippen molar-refractivity contribution in [3.8, 4) is 0 Å². The Morgan fingerprint density at radius 3 is 2.42 bits per heavy atom. The number of urea groups is 1. The highest BCUT2D eigenvalue weighted by Gasteiger charge is 2.45. The molecule has 0 bridgehead atoms. The number of hydrogen-bond donors (Lipinski definition) is 1. The minimum atomic E-state index is -0.885. The van der Waals surface area contributed by atoms with E-state index >= 15 is 0 Å². The zero-order valence-electron chi connectivity index (χ0n) is 11.6. The molecule has 2 rings (SSSR count). The lowest BCUT2D eigenvalue weighted by atomic mass is 9.76. The van der Waals surface area contributed by atoms with Crippen molar-refractivity contribution in [2.45, 2.75) is 32.7 Å². The molecule has 2 aliphatic heterocycles. The normalized spacial score (nSPS) is 27.2. The van der Waals surface area contributed by atoms with Crippen LogP contribution in [0.1, 0.15) is 26.7 Å². The third-order valence-corrected chi connectivity index (χ3v) is 4.98. The van der Waals surface area contributed by atoms with E-state index in [9.17, 15) is 14.7 Å². The number of thioether (sulfide) groups is 1. The highest BCUT2D eigenvalue weighted by molar-refractivity contribution is 7.99. The number of piperidine rings is 1. The van der Waals surface area contributed by atoms with E-state index in [-0.39, 0.29) is 11.4 Å². The van der Waals surface area contributed by atoms with Crippen LogP contribution in [0.5, 0.6) is 0 Å². The first-order chi connectivity index (χ1) is 8.93. The van der Waals surface area contributed by atoms with Crippen LogP contribution in [0.25, 0.3) is 0 Å². The Labute approximate surface area is 118 Å². The van der Waals surface area contributed by atoms with Gasteiger partial charge in [0.25, 0.3) is 0 Å². The smallest absolute Gasteiger partial charge is 0.327 e. The van der Waals surface area contributed by atoms with E-state index in [0.29, 0.717) is 6.54 Å². The van der Waals surface area contributed by atoms with E-state index in [0.717, 1.165) is 37.4 Å². The Balaban J connectivity index is 2.15. The van der Waals surface area contributed by atoms with Gasteiger partial charge in [-0.25, -0.2) is 9.59 Å². The molecule has 1 unspecified atom stereocenters. The summed E-state index contributed by atoms with van der Waals surface area (Å²) in [6, 6.07) is -0.802. The molecule has 0 aromatic heterocycles. The molecule has 5 nitrogen and oxygen atoms in total. The molecule has 6 heteroatoms. The molecular weight excluding hydrogens is 264 g/mol. The summed E-state index contributed by atoms with van der Waals surface area (Å²) in [5.74, 6) is 1.01. The standard InChI is InChI=1S/C13H22N2O3S/c1-13(2)4-3-5-15(10(13)11(16)17)12(18)14-6-8-19-9-7-14/h10H,3-9H2,1-2H3,(H,16,17). The molecule has 0 aliphatic carbocycles. The number of hydrogen-bond acceptors (Lipinski definition) is 3. The van der Waals surface area contributed by atoms with Crippen LogP contribution in [0.15, 0.2) is 0 Å². The van der Waals surface area contributed by atoms with Gasteiger partial charge in [-0.2, -0.15) is 11.8 Å². The molecule has 2 heterocycles. The minimum Gasteiger partial charge on any atom is -0.480 e. The second kappa shape index (κ2) is 5.61. The summed E-state index contributed by atoms with van der Waals surface area (Å²) in [5.41, 5.74) is -0.357. The van der Waals surface area contributed by atoms with Crippen LogP contribution >= 0.6 is 11.8 Å². The van der Waals surface area contributed by atoms with Crippen molar-refractivity contribution in [1.29, 1.82) is 0 Å². The fraction of sp³-hybridized carbons (Fsp3) is 0.846. The van der Waals surface area contributed by atoms with Crippen molar-refractivity contribution >= 4 is 23.8 Å². The van der Waals surface area contributed by atoms with Crippen molar-refractivity contribution < 1.29 is 14.7 Å². The van der Waals surface area contributed by atoms with Gasteiger partial charge in [0.2, 0.25) is 0 Å². The summed E-state index contributed by atoms with van der Waals surface area (Å²) < 4.78 is 0. The first-order valence-electron chi connectivity index (χ1n) is 6.79. The third-order valence-electron chi connectivity index (χ3n) is 4.03. The monoisotopic (exact) mass is 286 g/mol. The van der Waals surface area contributed by atoms with E-state index in [1.165, 1.54) is 0 Å². The summed E-state index contributed by atoms with van der Waals surface area (Å²) in [6.45, 7) is 5.90. The molecule has 2 amide bonds. The Morgan fingerprint density at radius 1 is 1.21 bits per heavy atom. The second-order valence-electron chi connectivity index (χ2n) is 5.91. The SMILES string of the molecule is CC1(C)CCCN(C(=O)N2CCSCC2)C1C(=O)O. The molecule has 2 saturated heterocycles. The highest BCUT2D eigenvalue weighted by atomic mass is 32.2. The summed E-state index contributed by atoms with van der Waals surface area (Å²) in [6.07, 6.45) is 1.73. The predicted molar refractivity (Wildman–Crippen MR) is 75.4 cm³/mol. The van der Waals surface area contributed by atoms with Gasteiger partial charge in [-0.3, -0.25) is 0 Å².